The van der Waals surface area contributed by atoms with Crippen molar-refractivity contribution in [2.75, 3.05) is 0 Å². The van der Waals surface area contributed by atoms with Crippen LogP contribution in [0.4, 0.5) is 0 Å². The average molecular weight is 180 g/mol. The van der Waals surface area contributed by atoms with E-state index in [0.29, 0.717) is 0 Å². The highest BCUT2D eigenvalue weighted by Crippen LogP contribution is 2.14. The Morgan fingerprint density at radius 1 is 1.08 bits per heavy atom. The molecule has 0 radical (unpaired) electrons. The van der Waals surface area contributed by atoms with Crippen LogP contribution in [-0.4, -0.2) is 10.2 Å². The zero-order valence-electron chi connectivity index (χ0n) is 7.18. The molecular weight excluding hydrogens is 168 g/mol. The Hall–Kier alpha value is -1.90. The second kappa shape index (κ2) is 6.79. The van der Waals surface area contributed by atoms with Gasteiger partial charge in [-0.1, -0.05) is 19.2 Å². The number of hydrogen-bond acceptors (Lipinski definition) is 3. The molecule has 0 spiro atoms. The average Bonchev–Trinajstić information content (AvgIpc) is 2.06. The van der Waals surface area contributed by atoms with E-state index in [4.69, 9.17) is 10.2 Å². The van der Waals surface area contributed by atoms with E-state index < -0.39 is 0 Å². The van der Waals surface area contributed by atoms with Crippen LogP contribution >= 0.6 is 0 Å². The van der Waals surface area contributed by atoms with E-state index in [1.165, 1.54) is 30.7 Å². The van der Waals surface area contributed by atoms with Gasteiger partial charge in [-0.2, -0.15) is 0 Å². The van der Waals surface area contributed by atoms with E-state index in [1.54, 1.807) is 6.07 Å². The Bertz CT molecular complexity index is 245. The lowest BCUT2D eigenvalue weighted by atomic mass is 10.3. The number of rotatable bonds is 2. The second-order valence-electron chi connectivity index (χ2n) is 1.99. The first-order valence-electron chi connectivity index (χ1n) is 3.56. The van der Waals surface area contributed by atoms with Gasteiger partial charge in [0.15, 0.2) is 0 Å². The Labute approximate surface area is 77.2 Å². The molecule has 0 aliphatic carbocycles. The Morgan fingerprint density at radius 2 is 1.54 bits per heavy atom. The monoisotopic (exact) mass is 180 g/mol. The number of benzene rings is 1. The maximum atomic E-state index is 8.65. The zero-order valence-corrected chi connectivity index (χ0v) is 7.18. The maximum Gasteiger partial charge on any atom is 0.119 e. The van der Waals surface area contributed by atoms with Crippen LogP contribution in [-0.2, 0) is 4.74 Å². The highest BCUT2D eigenvalue weighted by atomic mass is 16.5. The molecule has 0 aliphatic rings. The predicted molar refractivity (Wildman–Crippen MR) is 51.3 cm³/mol. The van der Waals surface area contributed by atoms with E-state index >= 15 is 0 Å². The third-order valence-corrected chi connectivity index (χ3v) is 1.02. The molecule has 1 aromatic carbocycles. The molecule has 0 saturated heterocycles. The fraction of sp³-hybridized carbons (Fsp3) is 0. The first kappa shape index (κ1) is 11.1. The lowest BCUT2D eigenvalue weighted by Gasteiger charge is -1.89. The van der Waals surface area contributed by atoms with Gasteiger partial charge in [-0.3, -0.25) is 0 Å². The molecule has 2 N–H and O–H groups in total. The summed E-state index contributed by atoms with van der Waals surface area (Å²) in [7, 11) is 0. The molecule has 0 aliphatic heterocycles. The fourth-order valence-corrected chi connectivity index (χ4v) is 0.561. The molecule has 0 heterocycles. The Morgan fingerprint density at radius 3 is 1.69 bits per heavy atom. The van der Waals surface area contributed by atoms with Crippen LogP contribution in [0.3, 0.4) is 0 Å². The van der Waals surface area contributed by atoms with Crippen molar-refractivity contribution < 1.29 is 14.9 Å². The molecule has 0 saturated carbocycles. The molecule has 3 nitrogen and oxygen atoms in total. The first-order valence-corrected chi connectivity index (χ1v) is 3.56. The van der Waals surface area contributed by atoms with Crippen LogP contribution in [0.2, 0.25) is 0 Å². The van der Waals surface area contributed by atoms with Gasteiger partial charge in [-0.25, -0.2) is 0 Å². The summed E-state index contributed by atoms with van der Waals surface area (Å²) >= 11 is 0. The molecule has 1 aromatic rings. The largest absolute Gasteiger partial charge is 0.508 e. The molecule has 0 fully saturated rings. The van der Waals surface area contributed by atoms with Crippen molar-refractivity contribution in [2.45, 2.75) is 0 Å². The van der Waals surface area contributed by atoms with Crippen molar-refractivity contribution in [3.63, 3.8) is 0 Å². The zero-order chi connectivity index (χ0) is 10.1. The van der Waals surface area contributed by atoms with Crippen molar-refractivity contribution in [2.24, 2.45) is 0 Å². The molecule has 1 rings (SSSR count). The van der Waals surface area contributed by atoms with Gasteiger partial charge < -0.3 is 14.9 Å². The molecular formula is C10H12O3. The standard InChI is InChI=1S/C6H6O2.C4H6O/c7-5-2-1-3-6(8)4-5;1-3-5-4-2/h1-4,7-8H;3-4H,1-2H2. The van der Waals surface area contributed by atoms with E-state index in [9.17, 15) is 0 Å². The minimum absolute atomic E-state index is 0.0880. The molecule has 0 bridgehead atoms. The van der Waals surface area contributed by atoms with Gasteiger partial charge in [0.25, 0.3) is 0 Å². The number of hydrogen-bond donors (Lipinski definition) is 2. The van der Waals surface area contributed by atoms with Crippen molar-refractivity contribution >= 4 is 0 Å². The molecule has 0 unspecified atom stereocenters. The van der Waals surface area contributed by atoms with Crippen molar-refractivity contribution in [1.82, 2.24) is 0 Å². The summed E-state index contributed by atoms with van der Waals surface area (Å²) in [6, 6.07) is 5.85. The quantitative estimate of drug-likeness (QED) is 0.687. The van der Waals surface area contributed by atoms with Crippen LogP contribution in [0, 0.1) is 0 Å². The minimum Gasteiger partial charge on any atom is -0.508 e. The van der Waals surface area contributed by atoms with Crippen LogP contribution in [0.15, 0.2) is 49.9 Å². The Kier molecular flexibility index (Phi) is 5.80. The van der Waals surface area contributed by atoms with Crippen LogP contribution in [0.1, 0.15) is 0 Å². The van der Waals surface area contributed by atoms with E-state index in [0.717, 1.165) is 0 Å². The molecule has 0 aromatic heterocycles. The summed E-state index contributed by atoms with van der Waals surface area (Å²) in [6.45, 7) is 6.51. The summed E-state index contributed by atoms with van der Waals surface area (Å²) < 4.78 is 4.36. The van der Waals surface area contributed by atoms with Crippen LogP contribution < -0.4 is 0 Å². The second-order valence-corrected chi connectivity index (χ2v) is 1.99. The molecule has 13 heavy (non-hydrogen) atoms. The summed E-state index contributed by atoms with van der Waals surface area (Å²) in [4.78, 5) is 0. The molecule has 70 valence electrons. The third kappa shape index (κ3) is 6.50. The summed E-state index contributed by atoms with van der Waals surface area (Å²) in [5, 5.41) is 17.3. The van der Waals surface area contributed by atoms with Gasteiger partial charge in [0.05, 0.1) is 12.5 Å². The van der Waals surface area contributed by atoms with Crippen molar-refractivity contribution in [1.29, 1.82) is 0 Å². The lowest BCUT2D eigenvalue weighted by Crippen LogP contribution is -1.61. The van der Waals surface area contributed by atoms with Gasteiger partial charge in [-0.15, -0.1) is 0 Å². The van der Waals surface area contributed by atoms with Crippen LogP contribution in [0.25, 0.3) is 0 Å². The van der Waals surface area contributed by atoms with Crippen molar-refractivity contribution in [3.8, 4) is 11.5 Å². The predicted octanol–water partition coefficient (Wildman–Crippen LogP) is 2.39. The first-order chi connectivity index (χ1) is 6.20. The number of phenolic OH excluding ortho intramolecular Hbond substituents is 2. The maximum absolute atomic E-state index is 8.65. The smallest absolute Gasteiger partial charge is 0.119 e. The SMILES string of the molecule is C=COC=C.Oc1cccc(O)c1. The van der Waals surface area contributed by atoms with Gasteiger partial charge in [0.1, 0.15) is 11.5 Å². The number of phenols is 2. The normalized spacial score (nSPS) is 7.69. The van der Waals surface area contributed by atoms with Crippen LogP contribution in [0.5, 0.6) is 11.5 Å². The van der Waals surface area contributed by atoms with Gasteiger partial charge in [0.2, 0.25) is 0 Å². The lowest BCUT2D eigenvalue weighted by molar-refractivity contribution is 0.406. The summed E-state index contributed by atoms with van der Waals surface area (Å²) in [5.74, 6) is 0.176. The van der Waals surface area contributed by atoms with Gasteiger partial charge in [-0.05, 0) is 12.1 Å². The number of aromatic hydroxyl groups is 2. The highest BCUT2D eigenvalue weighted by Gasteiger charge is 1.85. The van der Waals surface area contributed by atoms with E-state index in [2.05, 4.69) is 17.9 Å². The summed E-state index contributed by atoms with van der Waals surface area (Å²) in [6.07, 6.45) is 2.62. The summed E-state index contributed by atoms with van der Waals surface area (Å²) in [5.41, 5.74) is 0. The fourth-order valence-electron chi connectivity index (χ4n) is 0.561. The topological polar surface area (TPSA) is 49.7 Å². The van der Waals surface area contributed by atoms with Gasteiger partial charge in [0, 0.05) is 6.07 Å². The molecule has 0 atom stereocenters. The molecule has 3 heteroatoms. The van der Waals surface area contributed by atoms with Crippen molar-refractivity contribution in [3.05, 3.63) is 49.9 Å². The van der Waals surface area contributed by atoms with Gasteiger partial charge >= 0.3 is 0 Å². The highest BCUT2D eigenvalue weighted by molar-refractivity contribution is 5.30. The Balaban J connectivity index is 0.000000252. The van der Waals surface area contributed by atoms with E-state index in [1.807, 2.05) is 0 Å². The minimum atomic E-state index is 0.0880. The third-order valence-electron chi connectivity index (χ3n) is 1.02. The molecule has 0 amide bonds. The number of ether oxygens (including phenoxy) is 1. The van der Waals surface area contributed by atoms with E-state index in [-0.39, 0.29) is 11.5 Å².